The zero-order chi connectivity index (χ0) is 22.1. The van der Waals surface area contributed by atoms with Gasteiger partial charge in [-0.25, -0.2) is 8.42 Å². The molecular formula is C22H25Cl2N3O3S. The topological polar surface area (TPSA) is 69.7 Å². The number of halogens is 2. The molecule has 1 aliphatic heterocycles. The zero-order valence-corrected chi connectivity index (χ0v) is 19.4. The Labute approximate surface area is 193 Å². The van der Waals surface area contributed by atoms with Crippen molar-refractivity contribution < 1.29 is 13.2 Å². The lowest BCUT2D eigenvalue weighted by atomic mass is 9.72. The van der Waals surface area contributed by atoms with Crippen molar-refractivity contribution in [2.75, 3.05) is 32.7 Å². The minimum absolute atomic E-state index is 0.0163. The molecule has 0 unspecified atom stereocenters. The van der Waals surface area contributed by atoms with E-state index in [2.05, 4.69) is 17.4 Å². The molecule has 1 N–H and O–H groups in total. The molecule has 0 atom stereocenters. The number of rotatable bonds is 6. The van der Waals surface area contributed by atoms with E-state index in [0.29, 0.717) is 26.2 Å². The predicted octanol–water partition coefficient (Wildman–Crippen LogP) is 3.50. The number of piperazine rings is 1. The SMILES string of the molecule is O=C(CN1CCN(S(=O)(=O)c2cccc(Cl)c2Cl)CC1)NC1(c2ccccc2)CCC1. The van der Waals surface area contributed by atoms with E-state index >= 15 is 0 Å². The molecule has 1 aliphatic carbocycles. The standard InChI is InChI=1S/C22H25Cl2N3O3S/c23-18-8-4-9-19(21(18)24)31(29,30)27-14-12-26(13-15-27)16-20(28)25-22(10-5-11-22)17-6-2-1-3-7-17/h1-4,6-9H,5,10-16H2,(H,25,28). The minimum atomic E-state index is -3.74. The van der Waals surface area contributed by atoms with Crippen LogP contribution in [0.25, 0.3) is 0 Å². The molecule has 0 aromatic heterocycles. The van der Waals surface area contributed by atoms with Crippen LogP contribution in [0.1, 0.15) is 24.8 Å². The van der Waals surface area contributed by atoms with Gasteiger partial charge in [0.25, 0.3) is 0 Å². The van der Waals surface area contributed by atoms with Crippen LogP contribution in [0.3, 0.4) is 0 Å². The first-order chi connectivity index (χ1) is 14.8. The molecule has 0 spiro atoms. The van der Waals surface area contributed by atoms with Crippen molar-refractivity contribution in [2.24, 2.45) is 0 Å². The number of hydrogen-bond donors (Lipinski definition) is 1. The van der Waals surface area contributed by atoms with Gasteiger partial charge in [-0.15, -0.1) is 0 Å². The number of sulfonamides is 1. The van der Waals surface area contributed by atoms with Gasteiger partial charge < -0.3 is 5.32 Å². The molecule has 0 bridgehead atoms. The summed E-state index contributed by atoms with van der Waals surface area (Å²) in [5, 5.41) is 3.48. The fraction of sp³-hybridized carbons (Fsp3) is 0.409. The van der Waals surface area contributed by atoms with Gasteiger partial charge in [-0.2, -0.15) is 4.31 Å². The van der Waals surface area contributed by atoms with E-state index in [0.717, 1.165) is 24.8 Å². The molecule has 31 heavy (non-hydrogen) atoms. The van der Waals surface area contributed by atoms with Crippen LogP contribution >= 0.6 is 23.2 Å². The maximum atomic E-state index is 13.0. The molecule has 4 rings (SSSR count). The summed E-state index contributed by atoms with van der Waals surface area (Å²) in [6, 6.07) is 14.7. The van der Waals surface area contributed by atoms with Gasteiger partial charge in [-0.05, 0) is 37.0 Å². The van der Waals surface area contributed by atoms with Crippen LogP contribution in [0.2, 0.25) is 10.0 Å². The molecule has 1 heterocycles. The summed E-state index contributed by atoms with van der Waals surface area (Å²) < 4.78 is 27.3. The summed E-state index contributed by atoms with van der Waals surface area (Å²) in [7, 11) is -3.74. The maximum Gasteiger partial charge on any atom is 0.244 e. The third-order valence-corrected chi connectivity index (χ3v) is 9.02. The number of amides is 1. The van der Waals surface area contributed by atoms with Crippen molar-refractivity contribution in [3.8, 4) is 0 Å². The van der Waals surface area contributed by atoms with E-state index in [1.807, 2.05) is 23.1 Å². The number of carbonyl (C=O) groups is 1. The zero-order valence-electron chi connectivity index (χ0n) is 17.1. The summed E-state index contributed by atoms with van der Waals surface area (Å²) in [5.74, 6) is -0.0299. The van der Waals surface area contributed by atoms with E-state index in [1.54, 1.807) is 12.1 Å². The molecule has 2 aliphatic rings. The Morgan fingerprint density at radius 2 is 1.65 bits per heavy atom. The van der Waals surface area contributed by atoms with Crippen LogP contribution in [0, 0.1) is 0 Å². The Hall–Kier alpha value is -1.64. The first kappa shape index (κ1) is 22.6. The van der Waals surface area contributed by atoms with Crippen LogP contribution in [-0.2, 0) is 20.4 Å². The molecule has 1 saturated carbocycles. The second kappa shape index (κ2) is 9.08. The first-order valence-electron chi connectivity index (χ1n) is 10.3. The fourth-order valence-corrected chi connectivity index (χ4v) is 6.39. The molecule has 6 nitrogen and oxygen atoms in total. The van der Waals surface area contributed by atoms with Crippen molar-refractivity contribution in [1.29, 1.82) is 0 Å². The Kier molecular flexibility index (Phi) is 6.60. The Morgan fingerprint density at radius 1 is 0.968 bits per heavy atom. The second-order valence-corrected chi connectivity index (χ2v) is 10.8. The highest BCUT2D eigenvalue weighted by Gasteiger charge is 2.40. The van der Waals surface area contributed by atoms with Gasteiger partial charge in [0, 0.05) is 26.2 Å². The highest BCUT2D eigenvalue weighted by molar-refractivity contribution is 7.89. The van der Waals surface area contributed by atoms with E-state index < -0.39 is 10.0 Å². The van der Waals surface area contributed by atoms with Crippen molar-refractivity contribution in [2.45, 2.75) is 29.7 Å². The number of benzene rings is 2. The van der Waals surface area contributed by atoms with Gasteiger partial charge >= 0.3 is 0 Å². The van der Waals surface area contributed by atoms with Crippen LogP contribution in [0.4, 0.5) is 0 Å². The molecule has 0 radical (unpaired) electrons. The van der Waals surface area contributed by atoms with E-state index in [-0.39, 0.29) is 32.9 Å². The third-order valence-electron chi connectivity index (χ3n) is 6.14. The second-order valence-electron chi connectivity index (χ2n) is 8.08. The predicted molar refractivity (Wildman–Crippen MR) is 122 cm³/mol. The smallest absolute Gasteiger partial charge is 0.244 e. The highest BCUT2D eigenvalue weighted by Crippen LogP contribution is 2.41. The van der Waals surface area contributed by atoms with Crippen molar-refractivity contribution >= 4 is 39.1 Å². The van der Waals surface area contributed by atoms with Gasteiger partial charge in [0.1, 0.15) is 4.90 Å². The van der Waals surface area contributed by atoms with Crippen LogP contribution < -0.4 is 5.32 Å². The molecule has 2 fully saturated rings. The number of nitrogens with zero attached hydrogens (tertiary/aromatic N) is 2. The van der Waals surface area contributed by atoms with Crippen LogP contribution in [0.5, 0.6) is 0 Å². The molecule has 2 aromatic carbocycles. The number of hydrogen-bond acceptors (Lipinski definition) is 4. The Balaban J connectivity index is 1.35. The van der Waals surface area contributed by atoms with Gasteiger partial charge in [0.2, 0.25) is 15.9 Å². The lowest BCUT2D eigenvalue weighted by molar-refractivity contribution is -0.125. The number of carbonyl (C=O) groups excluding carboxylic acids is 1. The maximum absolute atomic E-state index is 13.0. The lowest BCUT2D eigenvalue weighted by Crippen LogP contribution is -2.55. The summed E-state index contributed by atoms with van der Waals surface area (Å²) in [5.41, 5.74) is 0.872. The van der Waals surface area contributed by atoms with Gasteiger partial charge in [-0.1, -0.05) is 59.6 Å². The van der Waals surface area contributed by atoms with Gasteiger partial charge in [-0.3, -0.25) is 9.69 Å². The normalized spacial score (nSPS) is 19.5. The van der Waals surface area contributed by atoms with Crippen molar-refractivity contribution in [3.05, 3.63) is 64.1 Å². The highest BCUT2D eigenvalue weighted by atomic mass is 35.5. The Morgan fingerprint density at radius 3 is 2.26 bits per heavy atom. The summed E-state index contributed by atoms with van der Waals surface area (Å²) in [6.07, 6.45) is 2.97. The van der Waals surface area contributed by atoms with Crippen molar-refractivity contribution in [1.82, 2.24) is 14.5 Å². The third kappa shape index (κ3) is 4.61. The lowest BCUT2D eigenvalue weighted by Gasteiger charge is -2.43. The Bertz CT molecular complexity index is 1050. The molecule has 166 valence electrons. The summed E-state index contributed by atoms with van der Waals surface area (Å²) >= 11 is 12.1. The van der Waals surface area contributed by atoms with Crippen molar-refractivity contribution in [3.63, 3.8) is 0 Å². The molecule has 2 aromatic rings. The quantitative estimate of drug-likeness (QED) is 0.685. The molecule has 9 heteroatoms. The van der Waals surface area contributed by atoms with Gasteiger partial charge in [0.05, 0.1) is 22.1 Å². The van der Waals surface area contributed by atoms with Crippen LogP contribution in [-0.4, -0.2) is 56.3 Å². The molecular weight excluding hydrogens is 457 g/mol. The minimum Gasteiger partial charge on any atom is -0.345 e. The number of nitrogens with one attached hydrogen (secondary N) is 1. The van der Waals surface area contributed by atoms with E-state index in [9.17, 15) is 13.2 Å². The van der Waals surface area contributed by atoms with Crippen LogP contribution in [0.15, 0.2) is 53.4 Å². The molecule has 1 amide bonds. The fourth-order valence-electron chi connectivity index (χ4n) is 4.23. The van der Waals surface area contributed by atoms with E-state index in [1.165, 1.54) is 10.4 Å². The molecule has 1 saturated heterocycles. The largest absolute Gasteiger partial charge is 0.345 e. The van der Waals surface area contributed by atoms with Gasteiger partial charge in [0.15, 0.2) is 0 Å². The average molecular weight is 482 g/mol. The first-order valence-corrected chi connectivity index (χ1v) is 12.5. The van der Waals surface area contributed by atoms with E-state index in [4.69, 9.17) is 23.2 Å². The monoisotopic (exact) mass is 481 g/mol. The average Bonchev–Trinajstić information content (AvgIpc) is 2.73. The summed E-state index contributed by atoms with van der Waals surface area (Å²) in [4.78, 5) is 14.8. The summed E-state index contributed by atoms with van der Waals surface area (Å²) in [6.45, 7) is 1.79.